The average molecular weight is 526 g/mol. The molecule has 3 rings (SSSR count). The van der Waals surface area contributed by atoms with Crippen molar-refractivity contribution < 1.29 is 14.3 Å². The molecule has 0 bridgehead atoms. The van der Waals surface area contributed by atoms with E-state index < -0.39 is 17.6 Å². The van der Waals surface area contributed by atoms with Gasteiger partial charge in [0, 0.05) is 12.6 Å². The number of alkyl halides is 1. The number of hydrogen-bond acceptors (Lipinski definition) is 5. The highest BCUT2D eigenvalue weighted by Gasteiger charge is 2.27. The molecule has 1 heterocycles. The van der Waals surface area contributed by atoms with Gasteiger partial charge in [-0.1, -0.05) is 24.3 Å². The number of ether oxygens (including phenoxy) is 1. The van der Waals surface area contributed by atoms with Crippen LogP contribution in [-0.2, 0) is 4.74 Å². The largest absolute Gasteiger partial charge is 0.456 e. The monoisotopic (exact) mass is 525 g/mol. The Balaban J connectivity index is 1.97. The van der Waals surface area contributed by atoms with E-state index in [-0.39, 0.29) is 29.0 Å². The zero-order valence-corrected chi connectivity index (χ0v) is 22.9. The van der Waals surface area contributed by atoms with E-state index in [1.54, 1.807) is 45.0 Å². The molecular weight excluding hydrogens is 490 g/mol. The van der Waals surface area contributed by atoms with Gasteiger partial charge in [-0.25, -0.2) is 9.78 Å². The van der Waals surface area contributed by atoms with Crippen molar-refractivity contribution in [2.24, 2.45) is 10.7 Å². The smallest absolute Gasteiger partial charge is 0.339 e. The van der Waals surface area contributed by atoms with Crippen molar-refractivity contribution in [2.75, 3.05) is 12.4 Å². The lowest BCUT2D eigenvalue weighted by Crippen LogP contribution is -2.33. The van der Waals surface area contributed by atoms with Crippen LogP contribution in [0, 0.1) is 0 Å². The van der Waals surface area contributed by atoms with Gasteiger partial charge in [0.25, 0.3) is 5.91 Å². The summed E-state index contributed by atoms with van der Waals surface area (Å²) in [5.74, 6) is 0.370. The molecule has 37 heavy (non-hydrogen) atoms. The summed E-state index contributed by atoms with van der Waals surface area (Å²) >= 11 is 5.74. The van der Waals surface area contributed by atoms with E-state index in [9.17, 15) is 9.59 Å². The van der Waals surface area contributed by atoms with Gasteiger partial charge in [-0.2, -0.15) is 0 Å². The number of hydrogen-bond donors (Lipinski definition) is 2. The molecule has 2 aromatic carbocycles. The first-order chi connectivity index (χ1) is 17.5. The van der Waals surface area contributed by atoms with Gasteiger partial charge < -0.3 is 20.4 Å². The van der Waals surface area contributed by atoms with Gasteiger partial charge in [0.1, 0.15) is 17.3 Å². The van der Waals surface area contributed by atoms with E-state index in [1.807, 2.05) is 24.3 Å². The van der Waals surface area contributed by atoms with Crippen LogP contribution in [0.25, 0.3) is 11.0 Å². The zero-order chi connectivity index (χ0) is 27.2. The molecule has 0 aliphatic rings. The van der Waals surface area contributed by atoms with E-state index in [2.05, 4.69) is 28.7 Å². The summed E-state index contributed by atoms with van der Waals surface area (Å²) < 4.78 is 7.67. The summed E-state index contributed by atoms with van der Waals surface area (Å²) in [6, 6.07) is 14.2. The highest BCUT2D eigenvalue weighted by molar-refractivity contribution is 6.27. The predicted molar refractivity (Wildman–Crippen MR) is 148 cm³/mol. The number of aliphatic imine (C=N–C) groups is 1. The van der Waals surface area contributed by atoms with Gasteiger partial charge in [-0.05, 0) is 71.7 Å². The maximum atomic E-state index is 13.6. The minimum atomic E-state index is -0.684. The summed E-state index contributed by atoms with van der Waals surface area (Å²) in [5.41, 5.74) is 7.37. The fourth-order valence-corrected chi connectivity index (χ4v) is 4.19. The lowest BCUT2D eigenvalue weighted by atomic mass is 10.0. The molecule has 3 aromatic rings. The number of esters is 1. The standard InChI is InChI=1S/C28H36ClN5O3/c1-18(2)34-23-15-9-8-13-21(23)32-25(34)22(14-10-16-31-24(30)17-29)33-26(35)19-11-6-7-12-20(19)27(36)37-28(3,4)5/h6-9,11-13,15,18,22H,10,14,16-17H2,1-5H3,(H2,30,31)(H,33,35). The van der Waals surface area contributed by atoms with Gasteiger partial charge in [0.15, 0.2) is 0 Å². The molecular formula is C28H36ClN5O3. The molecule has 0 saturated carbocycles. The van der Waals surface area contributed by atoms with Crippen LogP contribution in [0.1, 0.15) is 86.1 Å². The average Bonchev–Trinajstić information content (AvgIpc) is 3.24. The molecule has 0 aliphatic carbocycles. The summed E-state index contributed by atoms with van der Waals surface area (Å²) in [6.45, 7) is 10.0. The number of nitrogens with zero attached hydrogens (tertiary/aromatic N) is 3. The van der Waals surface area contributed by atoms with Gasteiger partial charge >= 0.3 is 5.97 Å². The molecule has 1 unspecified atom stereocenters. The number of rotatable bonds is 10. The molecule has 0 radical (unpaired) electrons. The predicted octanol–water partition coefficient (Wildman–Crippen LogP) is 5.42. The molecule has 0 saturated heterocycles. The first-order valence-corrected chi connectivity index (χ1v) is 13.0. The third-order valence-electron chi connectivity index (χ3n) is 5.65. The first-order valence-electron chi connectivity index (χ1n) is 12.5. The third-order valence-corrected chi connectivity index (χ3v) is 5.92. The second kappa shape index (κ2) is 12.2. The normalized spacial score (nSPS) is 13.1. The quantitative estimate of drug-likeness (QED) is 0.121. The molecule has 1 amide bonds. The number of aromatic nitrogens is 2. The number of nitrogens with two attached hydrogens (primary N) is 1. The lowest BCUT2D eigenvalue weighted by molar-refractivity contribution is 0.00674. The van der Waals surface area contributed by atoms with Crippen molar-refractivity contribution in [1.29, 1.82) is 0 Å². The van der Waals surface area contributed by atoms with Crippen LogP contribution in [-0.4, -0.2) is 45.3 Å². The lowest BCUT2D eigenvalue weighted by Gasteiger charge is -2.23. The Kier molecular flexibility index (Phi) is 9.32. The Morgan fingerprint density at radius 3 is 2.41 bits per heavy atom. The number of carbonyl (C=O) groups excluding carboxylic acids is 2. The van der Waals surface area contributed by atoms with Crippen LogP contribution < -0.4 is 11.1 Å². The van der Waals surface area contributed by atoms with Crippen molar-refractivity contribution in [3.05, 3.63) is 65.5 Å². The molecule has 0 aliphatic heterocycles. The molecule has 198 valence electrons. The topological polar surface area (TPSA) is 112 Å². The van der Waals surface area contributed by atoms with Crippen molar-refractivity contribution in [3.63, 3.8) is 0 Å². The maximum Gasteiger partial charge on any atom is 0.339 e. The van der Waals surface area contributed by atoms with Crippen molar-refractivity contribution in [3.8, 4) is 0 Å². The molecule has 8 nitrogen and oxygen atoms in total. The van der Waals surface area contributed by atoms with Gasteiger partial charge in [-0.3, -0.25) is 9.79 Å². The number of nitrogens with one attached hydrogen (secondary N) is 1. The highest BCUT2D eigenvalue weighted by atomic mass is 35.5. The van der Waals surface area contributed by atoms with Crippen LogP contribution in [0.4, 0.5) is 0 Å². The van der Waals surface area contributed by atoms with Crippen molar-refractivity contribution in [2.45, 2.75) is 65.1 Å². The molecule has 3 N–H and O–H groups in total. The Hall–Kier alpha value is -3.39. The second-order valence-corrected chi connectivity index (χ2v) is 10.4. The number of imidazole rings is 1. The Morgan fingerprint density at radius 1 is 1.11 bits per heavy atom. The van der Waals surface area contributed by atoms with Crippen molar-refractivity contribution >= 4 is 40.3 Å². The Morgan fingerprint density at radius 2 is 1.76 bits per heavy atom. The van der Waals surface area contributed by atoms with Gasteiger partial charge in [0.05, 0.1) is 34.1 Å². The number of benzene rings is 2. The number of para-hydroxylation sites is 2. The molecule has 1 aromatic heterocycles. The van der Waals surface area contributed by atoms with E-state index >= 15 is 0 Å². The fraction of sp³-hybridized carbons (Fsp3) is 0.429. The zero-order valence-electron chi connectivity index (χ0n) is 22.1. The SMILES string of the molecule is CC(C)n1c(C(CCCN=C(N)CCl)NC(=O)c2ccccc2C(=O)OC(C)(C)C)nc2ccccc21. The van der Waals surface area contributed by atoms with E-state index in [1.165, 1.54) is 0 Å². The minimum Gasteiger partial charge on any atom is -0.456 e. The van der Waals surface area contributed by atoms with Crippen LogP contribution in [0.5, 0.6) is 0 Å². The molecule has 0 spiro atoms. The van der Waals surface area contributed by atoms with Crippen LogP contribution in [0.15, 0.2) is 53.5 Å². The molecule has 0 fully saturated rings. The fourth-order valence-electron chi connectivity index (χ4n) is 4.11. The van der Waals surface area contributed by atoms with E-state index in [0.717, 1.165) is 16.9 Å². The highest BCUT2D eigenvalue weighted by Crippen LogP contribution is 2.28. The molecule has 9 heteroatoms. The number of fused-ring (bicyclic) bond motifs is 1. The number of halogens is 1. The van der Waals surface area contributed by atoms with E-state index in [0.29, 0.717) is 25.2 Å². The van der Waals surface area contributed by atoms with Crippen LogP contribution in [0.3, 0.4) is 0 Å². The van der Waals surface area contributed by atoms with Gasteiger partial charge in [0.2, 0.25) is 0 Å². The number of carbonyl (C=O) groups is 2. The minimum absolute atomic E-state index is 0.112. The van der Waals surface area contributed by atoms with Gasteiger partial charge in [-0.15, -0.1) is 11.6 Å². The third kappa shape index (κ3) is 7.32. The number of amidine groups is 1. The van der Waals surface area contributed by atoms with Crippen LogP contribution >= 0.6 is 11.6 Å². The van der Waals surface area contributed by atoms with Crippen LogP contribution in [0.2, 0.25) is 0 Å². The first kappa shape index (κ1) is 28.2. The summed E-state index contributed by atoms with van der Waals surface area (Å²) in [4.78, 5) is 35.6. The van der Waals surface area contributed by atoms with E-state index in [4.69, 9.17) is 27.1 Å². The second-order valence-electron chi connectivity index (χ2n) is 10.1. The summed E-state index contributed by atoms with van der Waals surface area (Å²) in [5, 5.41) is 3.13. The molecule has 1 atom stereocenters. The summed E-state index contributed by atoms with van der Waals surface area (Å²) in [6.07, 6.45) is 1.22. The van der Waals surface area contributed by atoms with Crippen molar-refractivity contribution in [1.82, 2.24) is 14.9 Å². The maximum absolute atomic E-state index is 13.6. The Labute approximate surface area is 223 Å². The number of amides is 1. The Bertz CT molecular complexity index is 1280. The summed E-state index contributed by atoms with van der Waals surface area (Å²) in [7, 11) is 0.